The second-order valence-electron chi connectivity index (χ2n) is 8.48. The molecule has 11 nitrogen and oxygen atoms in total. The zero-order valence-electron chi connectivity index (χ0n) is 18.1. The first-order chi connectivity index (χ1) is 14.2. The molecule has 12 heteroatoms. The molecule has 2 rings (SSSR count). The van der Waals surface area contributed by atoms with Gasteiger partial charge in [-0.1, -0.05) is 6.58 Å². The second-order valence-corrected chi connectivity index (χ2v) is 10.6. The van der Waals surface area contributed by atoms with Crippen LogP contribution in [0.1, 0.15) is 34.6 Å². The van der Waals surface area contributed by atoms with E-state index in [9.17, 15) is 27.6 Å². The van der Waals surface area contributed by atoms with Crippen molar-refractivity contribution >= 4 is 33.8 Å². The number of hydrogen-bond acceptors (Lipinski definition) is 9. The number of amides is 2. The van der Waals surface area contributed by atoms with Crippen molar-refractivity contribution < 1.29 is 41.8 Å². The quantitative estimate of drug-likeness (QED) is 0.304. The van der Waals surface area contributed by atoms with Crippen molar-refractivity contribution in [2.45, 2.75) is 57.1 Å². The number of rotatable bonds is 7. The first kappa shape index (κ1) is 24.6. The molecule has 31 heavy (non-hydrogen) atoms. The third-order valence-electron chi connectivity index (χ3n) is 4.95. The molecule has 0 spiro atoms. The molecule has 5 atom stereocenters. The average Bonchev–Trinajstić information content (AvgIpc) is 3.32. The number of alkyl carbamates (subject to hydrolysis) is 1. The standard InChI is InChI=1S/C19H28N2O9S/c1-7-28-15(23)11-12-13(11)31(26,27)9-19(12,16(24)29-8-2)21-14(22)10(3)20-17(25)30-18(4,5)6/h7,10-13H,1,8-9H2,2-6H3,(H,20,25)(H,21,22)/t10?,11-,12-,13+,19?/m1/s1. The largest absolute Gasteiger partial charge is 0.464 e. The minimum absolute atomic E-state index is 0.0681. The Bertz CT molecular complexity index is 893. The molecule has 0 aromatic heterocycles. The Labute approximate surface area is 180 Å². The fraction of sp³-hybridized carbons (Fsp3) is 0.684. The van der Waals surface area contributed by atoms with Crippen molar-refractivity contribution in [1.29, 1.82) is 0 Å². The zero-order chi connectivity index (χ0) is 23.8. The fourth-order valence-electron chi connectivity index (χ4n) is 3.77. The molecule has 1 saturated heterocycles. The maximum absolute atomic E-state index is 12.8. The van der Waals surface area contributed by atoms with Gasteiger partial charge < -0.3 is 24.8 Å². The summed E-state index contributed by atoms with van der Waals surface area (Å²) in [5.74, 6) is -5.60. The topological polar surface area (TPSA) is 154 Å². The summed E-state index contributed by atoms with van der Waals surface area (Å²) in [5.41, 5.74) is -2.78. The summed E-state index contributed by atoms with van der Waals surface area (Å²) in [5, 5.41) is 3.56. The fourth-order valence-corrected chi connectivity index (χ4v) is 6.47. The smallest absolute Gasteiger partial charge is 0.408 e. The number of hydrogen-bond donors (Lipinski definition) is 2. The molecule has 2 fully saturated rings. The lowest BCUT2D eigenvalue weighted by Crippen LogP contribution is -2.62. The van der Waals surface area contributed by atoms with Gasteiger partial charge in [-0.15, -0.1) is 0 Å². The van der Waals surface area contributed by atoms with E-state index in [1.165, 1.54) is 13.8 Å². The van der Waals surface area contributed by atoms with Crippen molar-refractivity contribution in [3.05, 3.63) is 12.8 Å². The molecule has 0 radical (unpaired) electrons. The van der Waals surface area contributed by atoms with Gasteiger partial charge in [0.25, 0.3) is 0 Å². The lowest BCUT2D eigenvalue weighted by atomic mass is 9.93. The molecule has 2 aliphatic rings. The molecule has 1 heterocycles. The van der Waals surface area contributed by atoms with Crippen LogP contribution in [-0.2, 0) is 38.4 Å². The lowest BCUT2D eigenvalue weighted by Gasteiger charge is -2.31. The molecule has 1 aliphatic carbocycles. The van der Waals surface area contributed by atoms with Crippen molar-refractivity contribution in [2.24, 2.45) is 11.8 Å². The Hall–Kier alpha value is -2.63. The molecule has 2 amide bonds. The lowest BCUT2D eigenvalue weighted by molar-refractivity contribution is -0.154. The number of sulfone groups is 1. The number of esters is 2. The van der Waals surface area contributed by atoms with E-state index in [2.05, 4.69) is 17.2 Å². The third kappa shape index (κ3) is 5.00. The summed E-state index contributed by atoms with van der Waals surface area (Å²) >= 11 is 0. The SMILES string of the molecule is C=COC(=O)[C@@H]1[C@@H]2[C@H]1S(=O)(=O)CC2(NC(=O)C(C)NC(=O)OC(C)(C)C)C(=O)OCC. The van der Waals surface area contributed by atoms with E-state index in [0.717, 1.165) is 6.26 Å². The normalized spacial score (nSPS) is 29.0. The van der Waals surface area contributed by atoms with Gasteiger partial charge in [-0.25, -0.2) is 18.0 Å². The Kier molecular flexibility index (Phi) is 6.74. The van der Waals surface area contributed by atoms with Gasteiger partial charge in [0.15, 0.2) is 15.4 Å². The summed E-state index contributed by atoms with van der Waals surface area (Å²) in [4.78, 5) is 49.7. The highest BCUT2D eigenvalue weighted by Gasteiger charge is 2.79. The zero-order valence-corrected chi connectivity index (χ0v) is 18.9. The van der Waals surface area contributed by atoms with Crippen molar-refractivity contribution in [1.82, 2.24) is 10.6 Å². The first-order valence-electron chi connectivity index (χ1n) is 9.72. The highest BCUT2D eigenvalue weighted by atomic mass is 32.2. The Morgan fingerprint density at radius 3 is 2.39 bits per heavy atom. The van der Waals surface area contributed by atoms with Gasteiger partial charge in [-0.05, 0) is 34.6 Å². The summed E-state index contributed by atoms with van der Waals surface area (Å²) in [6.07, 6.45) is -0.00315. The molecule has 0 aromatic rings. The predicted molar refractivity (Wildman–Crippen MR) is 107 cm³/mol. The molecule has 2 N–H and O–H groups in total. The van der Waals surface area contributed by atoms with Crippen LogP contribution in [0.2, 0.25) is 0 Å². The van der Waals surface area contributed by atoms with Crippen LogP contribution in [0, 0.1) is 11.8 Å². The second kappa shape index (κ2) is 8.48. The van der Waals surface area contributed by atoms with E-state index in [-0.39, 0.29) is 6.61 Å². The molecule has 2 unspecified atom stereocenters. The Morgan fingerprint density at radius 1 is 1.26 bits per heavy atom. The van der Waals surface area contributed by atoms with Crippen LogP contribution in [0.15, 0.2) is 12.8 Å². The Balaban J connectivity index is 2.28. The average molecular weight is 461 g/mol. The molecule has 174 valence electrons. The van der Waals surface area contributed by atoms with Crippen LogP contribution < -0.4 is 10.6 Å². The van der Waals surface area contributed by atoms with Crippen LogP contribution in [0.3, 0.4) is 0 Å². The predicted octanol–water partition coefficient (Wildman–Crippen LogP) is 0.0474. The summed E-state index contributed by atoms with van der Waals surface area (Å²) in [6, 6.07) is -1.17. The summed E-state index contributed by atoms with van der Waals surface area (Å²) < 4.78 is 40.1. The van der Waals surface area contributed by atoms with E-state index in [1.54, 1.807) is 20.8 Å². The number of nitrogens with one attached hydrogen (secondary N) is 2. The van der Waals surface area contributed by atoms with Crippen LogP contribution >= 0.6 is 0 Å². The number of fused-ring (bicyclic) bond motifs is 1. The maximum atomic E-state index is 12.8. The van der Waals surface area contributed by atoms with E-state index in [1.807, 2.05) is 0 Å². The van der Waals surface area contributed by atoms with Crippen LogP contribution in [0.4, 0.5) is 4.79 Å². The number of carbonyl (C=O) groups is 4. The van der Waals surface area contributed by atoms with Gasteiger partial charge in [0, 0.05) is 5.92 Å². The molecule has 0 aromatic carbocycles. The molecular formula is C19H28N2O9S. The van der Waals surface area contributed by atoms with Crippen LogP contribution in [0.5, 0.6) is 0 Å². The van der Waals surface area contributed by atoms with Crippen molar-refractivity contribution in [3.8, 4) is 0 Å². The van der Waals surface area contributed by atoms with Gasteiger partial charge in [-0.2, -0.15) is 0 Å². The molecule has 0 bridgehead atoms. The van der Waals surface area contributed by atoms with Crippen molar-refractivity contribution in [2.75, 3.05) is 12.4 Å². The maximum Gasteiger partial charge on any atom is 0.408 e. The van der Waals surface area contributed by atoms with Gasteiger partial charge in [0.1, 0.15) is 11.6 Å². The third-order valence-corrected chi connectivity index (χ3v) is 7.22. The van der Waals surface area contributed by atoms with E-state index < -0.39 is 73.8 Å². The van der Waals surface area contributed by atoms with Crippen molar-refractivity contribution in [3.63, 3.8) is 0 Å². The number of ether oxygens (including phenoxy) is 3. The molecule has 1 aliphatic heterocycles. The van der Waals surface area contributed by atoms with Gasteiger partial charge in [0.2, 0.25) is 5.91 Å². The van der Waals surface area contributed by atoms with Crippen LogP contribution in [0.25, 0.3) is 0 Å². The van der Waals surface area contributed by atoms with Gasteiger partial charge in [-0.3, -0.25) is 9.59 Å². The van der Waals surface area contributed by atoms with Gasteiger partial charge >= 0.3 is 18.0 Å². The highest BCUT2D eigenvalue weighted by molar-refractivity contribution is 7.92. The number of carbonyl (C=O) groups excluding carboxylic acids is 4. The molecular weight excluding hydrogens is 432 g/mol. The van der Waals surface area contributed by atoms with E-state index in [4.69, 9.17) is 14.2 Å². The highest BCUT2D eigenvalue weighted by Crippen LogP contribution is 2.58. The monoisotopic (exact) mass is 460 g/mol. The minimum atomic E-state index is -3.92. The molecule has 1 saturated carbocycles. The first-order valence-corrected chi connectivity index (χ1v) is 11.4. The van der Waals surface area contributed by atoms with Gasteiger partial charge in [0.05, 0.1) is 29.8 Å². The summed E-state index contributed by atoms with van der Waals surface area (Å²) in [7, 11) is -3.92. The van der Waals surface area contributed by atoms with Crippen LogP contribution in [-0.4, -0.2) is 67.1 Å². The van der Waals surface area contributed by atoms with E-state index >= 15 is 0 Å². The summed E-state index contributed by atoms with van der Waals surface area (Å²) in [6.45, 7) is 11.0. The Morgan fingerprint density at radius 2 is 1.87 bits per heavy atom. The van der Waals surface area contributed by atoms with E-state index in [0.29, 0.717) is 0 Å². The minimum Gasteiger partial charge on any atom is -0.464 e.